The van der Waals surface area contributed by atoms with Crippen LogP contribution in [-0.4, -0.2) is 35.5 Å². The average Bonchev–Trinajstić information content (AvgIpc) is 2.58. The summed E-state index contributed by atoms with van der Waals surface area (Å²) in [5, 5.41) is 0. The van der Waals surface area contributed by atoms with Crippen molar-refractivity contribution in [2.75, 3.05) is 13.1 Å². The molecule has 134 valence electrons. The molecule has 5 heteroatoms. The van der Waals surface area contributed by atoms with Crippen LogP contribution >= 0.6 is 12.4 Å². The normalized spacial score (nSPS) is 21.0. The van der Waals surface area contributed by atoms with Crippen molar-refractivity contribution in [2.45, 2.75) is 63.5 Å². The van der Waals surface area contributed by atoms with E-state index in [1.165, 1.54) is 12.0 Å². The Bertz CT molecular complexity index is 533. The fraction of sp³-hybridized carbons (Fsp3) is 0.632. The number of rotatable bonds is 3. The number of halogens is 1. The smallest absolute Gasteiger partial charge is 0.242 e. The summed E-state index contributed by atoms with van der Waals surface area (Å²) in [7, 11) is 0. The Hall–Kier alpha value is -1.26. The van der Waals surface area contributed by atoms with Gasteiger partial charge in [-0.1, -0.05) is 37.0 Å². The summed E-state index contributed by atoms with van der Waals surface area (Å²) in [6, 6.07) is 8.16. The van der Waals surface area contributed by atoms with Crippen molar-refractivity contribution < 1.29 is 9.53 Å². The summed E-state index contributed by atoms with van der Waals surface area (Å²) < 4.78 is 6.04. The van der Waals surface area contributed by atoms with Gasteiger partial charge in [0.2, 0.25) is 5.91 Å². The molecule has 0 radical (unpaired) electrons. The Morgan fingerprint density at radius 1 is 1.12 bits per heavy atom. The van der Waals surface area contributed by atoms with E-state index in [2.05, 4.69) is 19.1 Å². The minimum atomic E-state index is -0.608. The van der Waals surface area contributed by atoms with Crippen LogP contribution in [0, 0.1) is 6.92 Å². The second-order valence-electron chi connectivity index (χ2n) is 7.14. The van der Waals surface area contributed by atoms with Gasteiger partial charge in [-0.3, -0.25) is 4.79 Å². The number of aryl methyl sites for hydroxylation is 1. The summed E-state index contributed by atoms with van der Waals surface area (Å²) >= 11 is 0. The molecule has 2 fully saturated rings. The predicted octanol–water partition coefficient (Wildman–Crippen LogP) is 3.45. The highest BCUT2D eigenvalue weighted by molar-refractivity contribution is 5.86. The Balaban J connectivity index is 0.00000208. The molecular formula is C19H29ClN2O2. The number of nitrogens with zero attached hydrogens (tertiary/aromatic N) is 1. The Kier molecular flexibility index (Phi) is 6.53. The van der Waals surface area contributed by atoms with Gasteiger partial charge in [0.05, 0.1) is 5.54 Å². The minimum absolute atomic E-state index is 0. The van der Waals surface area contributed by atoms with Crippen molar-refractivity contribution in [2.24, 2.45) is 5.73 Å². The van der Waals surface area contributed by atoms with E-state index in [1.54, 1.807) is 0 Å². The molecular weight excluding hydrogens is 324 g/mol. The van der Waals surface area contributed by atoms with Crippen molar-refractivity contribution in [1.29, 1.82) is 0 Å². The minimum Gasteiger partial charge on any atom is -0.490 e. The standard InChI is InChI=1S/C19H28N2O2.ClH/c1-15-5-7-16(8-6-15)23-17-9-13-21(14-10-17)18(22)19(20)11-3-2-4-12-19;/h5-8,17H,2-4,9-14,20H2,1H3;1H. The van der Waals surface area contributed by atoms with E-state index in [1.807, 2.05) is 17.0 Å². The molecule has 24 heavy (non-hydrogen) atoms. The third-order valence-electron chi connectivity index (χ3n) is 5.22. The number of hydrogen-bond donors (Lipinski definition) is 1. The zero-order valence-corrected chi connectivity index (χ0v) is 15.3. The fourth-order valence-corrected chi connectivity index (χ4v) is 3.70. The predicted molar refractivity (Wildman–Crippen MR) is 98.7 cm³/mol. The molecule has 4 nitrogen and oxygen atoms in total. The van der Waals surface area contributed by atoms with Crippen LogP contribution in [0.15, 0.2) is 24.3 Å². The zero-order chi connectivity index (χ0) is 16.3. The van der Waals surface area contributed by atoms with Crippen LogP contribution in [0.5, 0.6) is 5.75 Å². The van der Waals surface area contributed by atoms with Gasteiger partial charge in [0.15, 0.2) is 0 Å². The highest BCUT2D eigenvalue weighted by Crippen LogP contribution is 2.29. The van der Waals surface area contributed by atoms with Crippen LogP contribution in [0.2, 0.25) is 0 Å². The highest BCUT2D eigenvalue weighted by Gasteiger charge is 2.39. The number of carbonyl (C=O) groups excluding carboxylic acids is 1. The summed E-state index contributed by atoms with van der Waals surface area (Å²) in [5.41, 5.74) is 7.01. The molecule has 1 aliphatic heterocycles. The van der Waals surface area contributed by atoms with Gasteiger partial charge in [-0.05, 0) is 31.9 Å². The van der Waals surface area contributed by atoms with Crippen molar-refractivity contribution in [3.63, 3.8) is 0 Å². The number of hydrogen-bond acceptors (Lipinski definition) is 3. The van der Waals surface area contributed by atoms with E-state index in [9.17, 15) is 4.79 Å². The maximum Gasteiger partial charge on any atom is 0.242 e. The van der Waals surface area contributed by atoms with Gasteiger partial charge in [0.1, 0.15) is 11.9 Å². The number of piperidine rings is 1. The molecule has 1 aliphatic carbocycles. The van der Waals surface area contributed by atoms with E-state index in [4.69, 9.17) is 10.5 Å². The lowest BCUT2D eigenvalue weighted by molar-refractivity contribution is -0.140. The Morgan fingerprint density at radius 2 is 1.71 bits per heavy atom. The number of carbonyl (C=O) groups is 1. The second-order valence-corrected chi connectivity index (χ2v) is 7.14. The van der Waals surface area contributed by atoms with Crippen molar-refractivity contribution in [3.8, 4) is 5.75 Å². The molecule has 3 rings (SSSR count). The van der Waals surface area contributed by atoms with Gasteiger partial charge in [0, 0.05) is 25.9 Å². The third kappa shape index (κ3) is 4.42. The number of nitrogens with two attached hydrogens (primary N) is 1. The molecule has 1 aromatic carbocycles. The van der Waals surface area contributed by atoms with Crippen molar-refractivity contribution >= 4 is 18.3 Å². The lowest BCUT2D eigenvalue weighted by Gasteiger charge is -2.40. The third-order valence-corrected chi connectivity index (χ3v) is 5.22. The van der Waals surface area contributed by atoms with Gasteiger partial charge in [-0.2, -0.15) is 0 Å². The molecule has 1 saturated heterocycles. The topological polar surface area (TPSA) is 55.6 Å². The Morgan fingerprint density at radius 3 is 2.29 bits per heavy atom. The van der Waals surface area contributed by atoms with Gasteiger partial charge in [-0.25, -0.2) is 0 Å². The molecule has 1 amide bonds. The molecule has 2 aliphatic rings. The van der Waals surface area contributed by atoms with Crippen LogP contribution in [0.4, 0.5) is 0 Å². The number of likely N-dealkylation sites (tertiary alicyclic amines) is 1. The molecule has 2 N–H and O–H groups in total. The molecule has 0 spiro atoms. The lowest BCUT2D eigenvalue weighted by Crippen LogP contribution is -2.58. The first-order chi connectivity index (χ1) is 11.1. The molecule has 0 unspecified atom stereocenters. The van der Waals surface area contributed by atoms with Crippen LogP contribution in [0.25, 0.3) is 0 Å². The van der Waals surface area contributed by atoms with E-state index >= 15 is 0 Å². The summed E-state index contributed by atoms with van der Waals surface area (Å²) in [6.07, 6.45) is 7.01. The van der Waals surface area contributed by atoms with Gasteiger partial charge < -0.3 is 15.4 Å². The maximum absolute atomic E-state index is 12.7. The molecule has 1 heterocycles. The number of ether oxygens (including phenoxy) is 1. The van der Waals surface area contributed by atoms with Gasteiger partial charge in [0.25, 0.3) is 0 Å². The van der Waals surface area contributed by atoms with Crippen LogP contribution < -0.4 is 10.5 Å². The molecule has 0 atom stereocenters. The quantitative estimate of drug-likeness (QED) is 0.906. The first-order valence-corrected chi connectivity index (χ1v) is 8.88. The van der Waals surface area contributed by atoms with Crippen molar-refractivity contribution in [3.05, 3.63) is 29.8 Å². The summed E-state index contributed by atoms with van der Waals surface area (Å²) in [4.78, 5) is 14.7. The van der Waals surface area contributed by atoms with Crippen LogP contribution in [0.1, 0.15) is 50.5 Å². The maximum atomic E-state index is 12.7. The Labute approximate surface area is 151 Å². The van der Waals surface area contributed by atoms with E-state index in [-0.39, 0.29) is 24.4 Å². The molecule has 1 saturated carbocycles. The van der Waals surface area contributed by atoms with E-state index in [0.717, 1.165) is 57.4 Å². The summed E-state index contributed by atoms with van der Waals surface area (Å²) in [5.74, 6) is 1.08. The van der Waals surface area contributed by atoms with Gasteiger partial charge >= 0.3 is 0 Å². The first-order valence-electron chi connectivity index (χ1n) is 8.88. The summed E-state index contributed by atoms with van der Waals surface area (Å²) in [6.45, 7) is 3.59. The SMILES string of the molecule is Cc1ccc(OC2CCN(C(=O)C3(N)CCCCC3)CC2)cc1.Cl. The molecule has 0 aromatic heterocycles. The number of benzene rings is 1. The lowest BCUT2D eigenvalue weighted by atomic mass is 9.81. The number of amides is 1. The molecule has 1 aromatic rings. The van der Waals surface area contributed by atoms with Gasteiger partial charge in [-0.15, -0.1) is 12.4 Å². The second kappa shape index (κ2) is 8.21. The zero-order valence-electron chi connectivity index (χ0n) is 14.5. The van der Waals surface area contributed by atoms with E-state index < -0.39 is 5.54 Å². The highest BCUT2D eigenvalue weighted by atomic mass is 35.5. The average molecular weight is 353 g/mol. The van der Waals surface area contributed by atoms with E-state index in [0.29, 0.717) is 0 Å². The molecule has 0 bridgehead atoms. The largest absolute Gasteiger partial charge is 0.490 e. The fourth-order valence-electron chi connectivity index (χ4n) is 3.70. The van der Waals surface area contributed by atoms with Crippen molar-refractivity contribution in [1.82, 2.24) is 4.90 Å². The van der Waals surface area contributed by atoms with Crippen LogP contribution in [0.3, 0.4) is 0 Å². The first kappa shape index (κ1) is 19.1. The van der Waals surface area contributed by atoms with Crippen LogP contribution in [-0.2, 0) is 4.79 Å². The monoisotopic (exact) mass is 352 g/mol.